The van der Waals surface area contributed by atoms with Gasteiger partial charge in [0.15, 0.2) is 5.65 Å². The molecule has 0 aliphatic carbocycles. The second-order valence-electron chi connectivity index (χ2n) is 7.92. The van der Waals surface area contributed by atoms with E-state index in [9.17, 15) is 9.18 Å². The molecule has 34 heavy (non-hydrogen) atoms. The van der Waals surface area contributed by atoms with E-state index in [1.54, 1.807) is 35.0 Å². The van der Waals surface area contributed by atoms with Gasteiger partial charge in [0.05, 0.1) is 16.8 Å². The fourth-order valence-electron chi connectivity index (χ4n) is 3.45. The summed E-state index contributed by atoms with van der Waals surface area (Å²) in [6, 6.07) is 11.5. The smallest absolute Gasteiger partial charge is 0.250 e. The third-order valence-corrected chi connectivity index (χ3v) is 5.46. The van der Waals surface area contributed by atoms with Crippen LogP contribution in [0.1, 0.15) is 0 Å². The standard InChI is InChI=1S/C24H23ClFN7O/c1-31(2)12-4-5-20(34)32(3)19-13-17(10-11-18(19)26)33-24-21(23(27)28-14-29-24)22(30-33)15-6-8-16(25)9-7-15/h4-11,13-14H,12H2,1-3H3,(H2,27,28,29)/b5-4+. The maximum atomic E-state index is 14.7. The highest BCUT2D eigenvalue weighted by Gasteiger charge is 2.20. The number of hydrogen-bond donors (Lipinski definition) is 1. The Morgan fingerprint density at radius 3 is 2.59 bits per heavy atom. The molecule has 0 spiro atoms. The van der Waals surface area contributed by atoms with Gasteiger partial charge >= 0.3 is 0 Å². The molecule has 174 valence electrons. The average Bonchev–Trinajstić information content (AvgIpc) is 3.20. The summed E-state index contributed by atoms with van der Waals surface area (Å²) in [5, 5.41) is 5.86. The third kappa shape index (κ3) is 4.61. The Balaban J connectivity index is 1.80. The normalized spacial score (nSPS) is 11.6. The monoisotopic (exact) mass is 479 g/mol. The van der Waals surface area contributed by atoms with Gasteiger partial charge in [0.1, 0.15) is 23.7 Å². The molecular weight excluding hydrogens is 457 g/mol. The Labute approximate surface area is 201 Å². The van der Waals surface area contributed by atoms with Gasteiger partial charge in [-0.15, -0.1) is 0 Å². The maximum absolute atomic E-state index is 14.7. The maximum Gasteiger partial charge on any atom is 0.250 e. The lowest BCUT2D eigenvalue weighted by Gasteiger charge is -2.17. The van der Waals surface area contributed by atoms with E-state index in [2.05, 4.69) is 9.97 Å². The van der Waals surface area contributed by atoms with Gasteiger partial charge in [-0.1, -0.05) is 29.8 Å². The lowest BCUT2D eigenvalue weighted by atomic mass is 10.1. The molecule has 0 atom stereocenters. The summed E-state index contributed by atoms with van der Waals surface area (Å²) in [4.78, 5) is 24.2. The molecular formula is C24H23ClFN7O. The average molecular weight is 480 g/mol. The molecule has 2 aromatic heterocycles. The first-order chi connectivity index (χ1) is 16.3. The number of aromatic nitrogens is 4. The first kappa shape index (κ1) is 23.3. The quantitative estimate of drug-likeness (QED) is 0.421. The Morgan fingerprint density at radius 1 is 1.15 bits per heavy atom. The first-order valence-electron chi connectivity index (χ1n) is 10.4. The molecule has 1 amide bonds. The molecule has 4 aromatic rings. The second-order valence-corrected chi connectivity index (χ2v) is 8.36. The van der Waals surface area contributed by atoms with Gasteiger partial charge in [-0.05, 0) is 44.4 Å². The molecule has 4 rings (SSSR count). The lowest BCUT2D eigenvalue weighted by molar-refractivity contribution is -0.113. The summed E-state index contributed by atoms with van der Waals surface area (Å²) in [5.74, 6) is -0.623. The molecule has 0 saturated carbocycles. The summed E-state index contributed by atoms with van der Waals surface area (Å²) >= 11 is 6.03. The first-order valence-corrected chi connectivity index (χ1v) is 10.8. The zero-order valence-corrected chi connectivity index (χ0v) is 19.7. The highest BCUT2D eigenvalue weighted by molar-refractivity contribution is 6.30. The van der Waals surface area contributed by atoms with Crippen LogP contribution in [-0.4, -0.2) is 58.2 Å². The van der Waals surface area contributed by atoms with Gasteiger partial charge in [0, 0.05) is 30.3 Å². The Kier molecular flexibility index (Phi) is 6.58. The number of nitrogen functional groups attached to an aromatic ring is 1. The SMILES string of the molecule is CN(C)C/C=C/C(=O)N(C)c1cc(-n2nc(-c3ccc(Cl)cc3)c3c(N)ncnc32)ccc1F. The highest BCUT2D eigenvalue weighted by Crippen LogP contribution is 2.33. The number of hydrogen-bond acceptors (Lipinski definition) is 6. The fraction of sp³-hybridized carbons (Fsp3) is 0.167. The minimum atomic E-state index is -0.538. The predicted molar refractivity (Wildman–Crippen MR) is 133 cm³/mol. The molecule has 2 aromatic carbocycles. The van der Waals surface area contributed by atoms with Crippen LogP contribution >= 0.6 is 11.6 Å². The van der Waals surface area contributed by atoms with Crippen LogP contribution in [0.2, 0.25) is 5.02 Å². The van der Waals surface area contributed by atoms with Crippen molar-refractivity contribution in [2.45, 2.75) is 0 Å². The second kappa shape index (κ2) is 9.58. The van der Waals surface area contributed by atoms with Gasteiger partial charge in [0.25, 0.3) is 5.91 Å². The van der Waals surface area contributed by atoms with Crippen molar-refractivity contribution in [3.8, 4) is 16.9 Å². The van der Waals surface area contributed by atoms with Crippen molar-refractivity contribution in [3.05, 3.63) is 71.8 Å². The molecule has 0 bridgehead atoms. The van der Waals surface area contributed by atoms with Crippen LogP contribution in [0.15, 0.2) is 60.9 Å². The Hall–Kier alpha value is -3.82. The van der Waals surface area contributed by atoms with Crippen molar-refractivity contribution >= 4 is 40.0 Å². The highest BCUT2D eigenvalue weighted by atomic mass is 35.5. The molecule has 8 nitrogen and oxygen atoms in total. The van der Waals surface area contributed by atoms with Crippen molar-refractivity contribution in [2.75, 3.05) is 38.3 Å². The molecule has 0 aliphatic heterocycles. The number of nitrogens with zero attached hydrogens (tertiary/aromatic N) is 6. The number of halogens is 2. The van der Waals surface area contributed by atoms with Crippen LogP contribution in [0.5, 0.6) is 0 Å². The van der Waals surface area contributed by atoms with E-state index in [1.165, 1.54) is 30.4 Å². The zero-order valence-electron chi connectivity index (χ0n) is 18.9. The third-order valence-electron chi connectivity index (χ3n) is 5.21. The predicted octanol–water partition coefficient (Wildman–Crippen LogP) is 3.94. The summed E-state index contributed by atoms with van der Waals surface area (Å²) < 4.78 is 16.3. The number of rotatable bonds is 6. The van der Waals surface area contributed by atoms with Crippen molar-refractivity contribution in [2.24, 2.45) is 0 Å². The van der Waals surface area contributed by atoms with Crippen molar-refractivity contribution < 1.29 is 9.18 Å². The Morgan fingerprint density at radius 2 is 1.88 bits per heavy atom. The van der Waals surface area contributed by atoms with E-state index in [0.29, 0.717) is 34.0 Å². The number of amides is 1. The van der Waals surface area contributed by atoms with E-state index >= 15 is 0 Å². The number of nitrogens with two attached hydrogens (primary N) is 1. The van der Waals surface area contributed by atoms with E-state index in [-0.39, 0.29) is 17.4 Å². The molecule has 0 saturated heterocycles. The molecule has 0 radical (unpaired) electrons. The van der Waals surface area contributed by atoms with E-state index in [1.807, 2.05) is 31.1 Å². The number of benzene rings is 2. The largest absolute Gasteiger partial charge is 0.383 e. The number of carbonyl (C=O) groups is 1. The lowest BCUT2D eigenvalue weighted by Crippen LogP contribution is -2.25. The van der Waals surface area contributed by atoms with Crippen LogP contribution in [0.25, 0.3) is 28.0 Å². The van der Waals surface area contributed by atoms with E-state index < -0.39 is 5.82 Å². The molecule has 0 aliphatic rings. The summed E-state index contributed by atoms with van der Waals surface area (Å²) in [6.07, 6.45) is 4.48. The van der Waals surface area contributed by atoms with Crippen molar-refractivity contribution in [1.82, 2.24) is 24.6 Å². The molecule has 10 heteroatoms. The topological polar surface area (TPSA) is 93.2 Å². The van der Waals surface area contributed by atoms with Crippen LogP contribution in [0.3, 0.4) is 0 Å². The van der Waals surface area contributed by atoms with Gasteiger partial charge in [0.2, 0.25) is 0 Å². The zero-order chi connectivity index (χ0) is 24.4. The van der Waals surface area contributed by atoms with Gasteiger partial charge in [-0.3, -0.25) is 4.79 Å². The van der Waals surface area contributed by atoms with Crippen LogP contribution in [-0.2, 0) is 4.79 Å². The number of fused-ring (bicyclic) bond motifs is 1. The van der Waals surface area contributed by atoms with Gasteiger partial charge in [-0.2, -0.15) is 5.10 Å². The number of carbonyl (C=O) groups excluding carboxylic acids is 1. The van der Waals surface area contributed by atoms with Crippen LogP contribution in [0, 0.1) is 5.82 Å². The summed E-state index contributed by atoms with van der Waals surface area (Å²) in [5.41, 5.74) is 8.58. The number of anilines is 2. The fourth-order valence-corrected chi connectivity index (χ4v) is 3.58. The van der Waals surface area contributed by atoms with Crippen LogP contribution < -0.4 is 10.6 Å². The Bertz CT molecular complexity index is 1380. The molecule has 2 heterocycles. The molecule has 0 fully saturated rings. The molecule has 2 N–H and O–H groups in total. The van der Waals surface area contributed by atoms with Gasteiger partial charge in [-0.25, -0.2) is 19.0 Å². The van der Waals surface area contributed by atoms with Crippen molar-refractivity contribution in [3.63, 3.8) is 0 Å². The summed E-state index contributed by atoms with van der Waals surface area (Å²) in [7, 11) is 5.31. The molecule has 0 unspecified atom stereocenters. The van der Waals surface area contributed by atoms with E-state index in [0.717, 1.165) is 5.56 Å². The number of likely N-dealkylation sites (N-methyl/N-ethyl adjacent to an activating group) is 2. The van der Waals surface area contributed by atoms with Crippen molar-refractivity contribution in [1.29, 1.82) is 0 Å². The van der Waals surface area contributed by atoms with Gasteiger partial charge < -0.3 is 15.5 Å². The minimum absolute atomic E-state index is 0.107. The van der Waals surface area contributed by atoms with Crippen LogP contribution in [0.4, 0.5) is 15.9 Å². The summed E-state index contributed by atoms with van der Waals surface area (Å²) in [6.45, 7) is 0.593. The minimum Gasteiger partial charge on any atom is -0.383 e. The van der Waals surface area contributed by atoms with E-state index in [4.69, 9.17) is 22.4 Å².